The molecule has 2 N–H and O–H groups in total. The Hall–Kier alpha value is -2.01. The number of aliphatic hydroxyl groups is 1. The zero-order valence-corrected chi connectivity index (χ0v) is 17.3. The monoisotopic (exact) mass is 471 g/mol. The Balaban J connectivity index is 0.00000225. The van der Waals surface area contributed by atoms with Gasteiger partial charge in [0, 0.05) is 44.3 Å². The molecule has 0 unspecified atom stereocenters. The number of halogens is 2. The molecule has 1 aliphatic heterocycles. The molecule has 0 radical (unpaired) electrons. The molecule has 1 aromatic carbocycles. The molecule has 2 aromatic heterocycles. The normalized spacial score (nSPS) is 15.1. The number of carboxylic acid groups (broad SMARTS) is 1. The van der Waals surface area contributed by atoms with Crippen molar-refractivity contribution in [3.8, 4) is 0 Å². The summed E-state index contributed by atoms with van der Waals surface area (Å²) in [7, 11) is 0. The van der Waals surface area contributed by atoms with Crippen LogP contribution < -0.4 is 10.3 Å². The van der Waals surface area contributed by atoms with Gasteiger partial charge < -0.3 is 19.5 Å². The number of fused-ring (bicyclic) bond motifs is 3. The number of rotatable bonds is 4. The first-order valence-corrected chi connectivity index (χ1v) is 9.45. The van der Waals surface area contributed by atoms with E-state index in [4.69, 9.17) is 5.11 Å². The summed E-state index contributed by atoms with van der Waals surface area (Å²) in [6.45, 7) is 3.33. The minimum absolute atomic E-state index is 0. The molecule has 0 saturated carbocycles. The largest absolute Gasteiger partial charge is 0.477 e. The number of hydrogen-bond donors (Lipinski definition) is 2. The summed E-state index contributed by atoms with van der Waals surface area (Å²) < 4.78 is 16.4. The third-order valence-electron chi connectivity index (χ3n) is 4.96. The Bertz CT molecular complexity index is 1090. The SMILES string of the molecule is Br.O=C(O)c1c(=O)c2cc(F)c(N3CCN(CCO)CC3)cc2n2ccsc12. The third-order valence-corrected chi connectivity index (χ3v) is 5.84. The van der Waals surface area contributed by atoms with E-state index in [1.807, 2.05) is 4.90 Å². The van der Waals surface area contributed by atoms with Crippen molar-refractivity contribution in [2.45, 2.75) is 0 Å². The van der Waals surface area contributed by atoms with Crippen LogP contribution in [0.25, 0.3) is 15.7 Å². The number of benzene rings is 1. The fourth-order valence-corrected chi connectivity index (χ4v) is 4.48. The van der Waals surface area contributed by atoms with Crippen LogP contribution in [0.15, 0.2) is 28.5 Å². The first-order chi connectivity index (χ1) is 13.0. The number of aromatic nitrogens is 1. The highest BCUT2D eigenvalue weighted by molar-refractivity contribution is 8.93. The lowest BCUT2D eigenvalue weighted by Crippen LogP contribution is -2.47. The molecule has 28 heavy (non-hydrogen) atoms. The van der Waals surface area contributed by atoms with Crippen molar-refractivity contribution in [1.29, 1.82) is 0 Å². The fourth-order valence-electron chi connectivity index (χ4n) is 3.60. The first-order valence-electron chi connectivity index (χ1n) is 8.58. The molecular weight excluding hydrogens is 453 g/mol. The van der Waals surface area contributed by atoms with Crippen LogP contribution in [-0.2, 0) is 0 Å². The van der Waals surface area contributed by atoms with Crippen molar-refractivity contribution < 1.29 is 19.4 Å². The number of nitrogens with zero attached hydrogens (tertiary/aromatic N) is 3. The van der Waals surface area contributed by atoms with Gasteiger partial charge in [-0.25, -0.2) is 9.18 Å². The molecule has 150 valence electrons. The van der Waals surface area contributed by atoms with Gasteiger partial charge in [-0.05, 0) is 12.1 Å². The fraction of sp³-hybridized carbons (Fsp3) is 0.333. The summed E-state index contributed by atoms with van der Waals surface area (Å²) in [4.78, 5) is 28.5. The van der Waals surface area contributed by atoms with Gasteiger partial charge in [0.15, 0.2) is 0 Å². The van der Waals surface area contributed by atoms with Crippen LogP contribution in [0.4, 0.5) is 10.1 Å². The Morgan fingerprint density at radius 3 is 2.57 bits per heavy atom. The molecular formula is C18H19BrFN3O4S. The number of carbonyl (C=O) groups is 1. The van der Waals surface area contributed by atoms with Crippen LogP contribution >= 0.6 is 28.3 Å². The van der Waals surface area contributed by atoms with Crippen LogP contribution in [-0.4, -0.2) is 64.8 Å². The van der Waals surface area contributed by atoms with E-state index in [-0.39, 0.29) is 34.5 Å². The summed E-state index contributed by atoms with van der Waals surface area (Å²) in [5.41, 5.74) is -0.107. The van der Waals surface area contributed by atoms with Gasteiger partial charge in [-0.15, -0.1) is 28.3 Å². The molecule has 0 amide bonds. The van der Waals surface area contributed by atoms with Gasteiger partial charge in [0.2, 0.25) is 5.43 Å². The molecule has 10 heteroatoms. The van der Waals surface area contributed by atoms with E-state index in [1.54, 1.807) is 22.0 Å². The van der Waals surface area contributed by atoms with E-state index in [0.717, 1.165) is 6.07 Å². The molecule has 1 saturated heterocycles. The predicted molar refractivity (Wildman–Crippen MR) is 112 cm³/mol. The highest BCUT2D eigenvalue weighted by Gasteiger charge is 2.23. The Morgan fingerprint density at radius 1 is 1.21 bits per heavy atom. The topological polar surface area (TPSA) is 85.5 Å². The van der Waals surface area contributed by atoms with Crippen LogP contribution in [0.1, 0.15) is 10.4 Å². The van der Waals surface area contributed by atoms with E-state index in [9.17, 15) is 19.1 Å². The molecule has 3 aromatic rings. The second kappa shape index (κ2) is 8.16. The Kier molecular flexibility index (Phi) is 6.04. The summed E-state index contributed by atoms with van der Waals surface area (Å²) in [5, 5.41) is 20.2. The summed E-state index contributed by atoms with van der Waals surface area (Å²) in [5.74, 6) is -1.85. The quantitative estimate of drug-likeness (QED) is 0.605. The predicted octanol–water partition coefficient (Wildman–Crippen LogP) is 2.04. The molecule has 0 atom stereocenters. The van der Waals surface area contributed by atoms with Gasteiger partial charge >= 0.3 is 5.97 Å². The van der Waals surface area contributed by atoms with Gasteiger partial charge in [-0.1, -0.05) is 0 Å². The maximum atomic E-state index is 14.8. The van der Waals surface area contributed by atoms with Gasteiger partial charge in [-0.3, -0.25) is 9.69 Å². The molecule has 0 aliphatic carbocycles. The molecule has 0 bridgehead atoms. The summed E-state index contributed by atoms with van der Waals surface area (Å²) in [6.07, 6.45) is 1.69. The number of thiazole rings is 1. The van der Waals surface area contributed by atoms with E-state index in [2.05, 4.69) is 4.90 Å². The smallest absolute Gasteiger partial charge is 0.342 e. The number of carboxylic acids is 1. The molecule has 7 nitrogen and oxygen atoms in total. The number of aromatic carboxylic acids is 1. The van der Waals surface area contributed by atoms with Crippen LogP contribution in [0.5, 0.6) is 0 Å². The summed E-state index contributed by atoms with van der Waals surface area (Å²) >= 11 is 1.17. The van der Waals surface area contributed by atoms with Gasteiger partial charge in [0.25, 0.3) is 0 Å². The van der Waals surface area contributed by atoms with Crippen molar-refractivity contribution in [3.05, 3.63) is 45.3 Å². The van der Waals surface area contributed by atoms with Crippen LogP contribution in [0.3, 0.4) is 0 Å². The second-order valence-electron chi connectivity index (χ2n) is 6.46. The Morgan fingerprint density at radius 2 is 1.93 bits per heavy atom. The molecule has 1 fully saturated rings. The highest BCUT2D eigenvalue weighted by atomic mass is 79.9. The highest BCUT2D eigenvalue weighted by Crippen LogP contribution is 2.28. The number of anilines is 1. The van der Waals surface area contributed by atoms with Gasteiger partial charge in [0.05, 0.1) is 23.2 Å². The van der Waals surface area contributed by atoms with Gasteiger partial charge in [-0.2, -0.15) is 0 Å². The lowest BCUT2D eigenvalue weighted by atomic mass is 10.1. The molecule has 4 rings (SSSR count). The maximum Gasteiger partial charge on any atom is 0.342 e. The van der Waals surface area contributed by atoms with Gasteiger partial charge in [0.1, 0.15) is 16.2 Å². The van der Waals surface area contributed by atoms with E-state index >= 15 is 0 Å². The minimum atomic E-state index is -1.31. The zero-order valence-electron chi connectivity index (χ0n) is 14.8. The number of hydrogen-bond acceptors (Lipinski definition) is 6. The van der Waals surface area contributed by atoms with Crippen LogP contribution in [0.2, 0.25) is 0 Å². The standard InChI is InChI=1S/C18H18FN3O4S.BrH/c19-12-9-11-13(10-14(12)21-3-1-20(2-4-21)5-7-23)22-6-8-27-17(22)15(16(11)24)18(25)26;/h6,8-10,23H,1-5,7H2,(H,25,26);1H. The van der Waals surface area contributed by atoms with E-state index in [0.29, 0.717) is 48.8 Å². The van der Waals surface area contributed by atoms with Crippen molar-refractivity contribution in [2.75, 3.05) is 44.2 Å². The lowest BCUT2D eigenvalue weighted by Gasteiger charge is -2.36. The van der Waals surface area contributed by atoms with Crippen molar-refractivity contribution in [1.82, 2.24) is 9.30 Å². The minimum Gasteiger partial charge on any atom is -0.477 e. The number of β-amino-alcohol motifs (C(OH)–C–C–N with tert-alkyl or cyclic N) is 1. The van der Waals surface area contributed by atoms with Crippen molar-refractivity contribution in [2.24, 2.45) is 0 Å². The average molecular weight is 472 g/mol. The third kappa shape index (κ3) is 3.41. The zero-order chi connectivity index (χ0) is 19.1. The molecule has 0 spiro atoms. The van der Waals surface area contributed by atoms with E-state index < -0.39 is 17.2 Å². The van der Waals surface area contributed by atoms with E-state index in [1.165, 1.54) is 11.3 Å². The Labute approximate surface area is 174 Å². The molecule has 3 heterocycles. The van der Waals surface area contributed by atoms with Crippen molar-refractivity contribution in [3.63, 3.8) is 0 Å². The summed E-state index contributed by atoms with van der Waals surface area (Å²) in [6, 6.07) is 2.77. The lowest BCUT2D eigenvalue weighted by molar-refractivity contribution is 0.0697. The second-order valence-corrected chi connectivity index (χ2v) is 7.36. The first kappa shape index (κ1) is 20.7. The van der Waals surface area contributed by atoms with Crippen LogP contribution in [0, 0.1) is 5.82 Å². The number of aliphatic hydroxyl groups excluding tert-OH is 1. The number of piperazine rings is 1. The molecule has 1 aliphatic rings. The average Bonchev–Trinajstić information content (AvgIpc) is 3.12. The number of pyridine rings is 1. The maximum absolute atomic E-state index is 14.8. The van der Waals surface area contributed by atoms with Crippen molar-refractivity contribution >= 4 is 55.7 Å².